The van der Waals surface area contributed by atoms with Crippen molar-refractivity contribution >= 4 is 5.97 Å². The fraction of sp³-hybridized carbons (Fsp3) is 0.708. The molecule has 1 atom stereocenters. The van der Waals surface area contributed by atoms with E-state index < -0.39 is 0 Å². The fourth-order valence-electron chi connectivity index (χ4n) is 3.39. The molecule has 0 aliphatic heterocycles. The van der Waals surface area contributed by atoms with Gasteiger partial charge in [0.05, 0.1) is 19.8 Å². The minimum Gasteiger partial charge on any atom is -0.490 e. The molecular formula is C24H39FN2O3. The third kappa shape index (κ3) is 10.4. The molecule has 0 amide bonds. The minimum absolute atomic E-state index is 0.170. The van der Waals surface area contributed by atoms with Crippen molar-refractivity contribution in [1.29, 1.82) is 0 Å². The lowest BCUT2D eigenvalue weighted by Gasteiger charge is -2.16. The summed E-state index contributed by atoms with van der Waals surface area (Å²) in [4.78, 5) is 11.2. The van der Waals surface area contributed by atoms with Crippen LogP contribution in [-0.4, -0.2) is 38.8 Å². The van der Waals surface area contributed by atoms with Crippen molar-refractivity contribution in [2.45, 2.75) is 71.3 Å². The molecule has 1 aliphatic rings. The van der Waals surface area contributed by atoms with Gasteiger partial charge >= 0.3 is 5.97 Å². The summed E-state index contributed by atoms with van der Waals surface area (Å²) in [6.07, 6.45) is 9.32. The van der Waals surface area contributed by atoms with Gasteiger partial charge in [-0.3, -0.25) is 4.79 Å². The van der Waals surface area contributed by atoms with E-state index in [-0.39, 0.29) is 17.8 Å². The van der Waals surface area contributed by atoms with Gasteiger partial charge in [0.25, 0.3) is 0 Å². The predicted molar refractivity (Wildman–Crippen MR) is 118 cm³/mol. The smallest absolute Gasteiger partial charge is 0.319 e. The molecule has 1 fully saturated rings. The molecule has 0 aromatic heterocycles. The number of benzene rings is 1. The molecule has 0 saturated heterocycles. The van der Waals surface area contributed by atoms with Crippen molar-refractivity contribution in [1.82, 2.24) is 10.6 Å². The molecule has 170 valence electrons. The van der Waals surface area contributed by atoms with Crippen LogP contribution in [-0.2, 0) is 9.53 Å². The Morgan fingerprint density at radius 2 is 1.90 bits per heavy atom. The molecule has 1 aromatic rings. The van der Waals surface area contributed by atoms with E-state index in [1.54, 1.807) is 0 Å². The van der Waals surface area contributed by atoms with Crippen LogP contribution >= 0.6 is 0 Å². The third-order valence-electron chi connectivity index (χ3n) is 5.49. The van der Waals surface area contributed by atoms with Gasteiger partial charge < -0.3 is 20.1 Å². The normalized spacial score (nSPS) is 14.5. The van der Waals surface area contributed by atoms with Crippen molar-refractivity contribution in [2.24, 2.45) is 5.92 Å². The molecule has 0 unspecified atom stereocenters. The van der Waals surface area contributed by atoms with E-state index in [0.29, 0.717) is 25.5 Å². The molecule has 0 radical (unpaired) electrons. The highest BCUT2D eigenvalue weighted by molar-refractivity contribution is 5.71. The number of hydrogen-bond acceptors (Lipinski definition) is 5. The molecule has 30 heavy (non-hydrogen) atoms. The van der Waals surface area contributed by atoms with Gasteiger partial charge in [-0.05, 0) is 69.8 Å². The Morgan fingerprint density at radius 3 is 2.63 bits per heavy atom. The van der Waals surface area contributed by atoms with Crippen LogP contribution < -0.4 is 15.4 Å². The summed E-state index contributed by atoms with van der Waals surface area (Å²) in [5.74, 6) is 0.699. The van der Waals surface area contributed by atoms with E-state index in [1.807, 2.05) is 19.1 Å². The minimum atomic E-state index is -0.279. The zero-order valence-electron chi connectivity index (χ0n) is 18.7. The van der Waals surface area contributed by atoms with Crippen molar-refractivity contribution in [3.63, 3.8) is 0 Å². The molecule has 5 nitrogen and oxygen atoms in total. The van der Waals surface area contributed by atoms with Gasteiger partial charge in [0.15, 0.2) is 11.6 Å². The monoisotopic (exact) mass is 422 g/mol. The van der Waals surface area contributed by atoms with Crippen molar-refractivity contribution < 1.29 is 18.7 Å². The summed E-state index contributed by atoms with van der Waals surface area (Å²) < 4.78 is 24.5. The third-order valence-corrected chi connectivity index (χ3v) is 5.49. The summed E-state index contributed by atoms with van der Waals surface area (Å²) >= 11 is 0. The molecule has 0 bridgehead atoms. The summed E-state index contributed by atoms with van der Waals surface area (Å²) in [6, 6.07) is 5.35. The second-order valence-electron chi connectivity index (χ2n) is 8.20. The lowest BCUT2D eigenvalue weighted by Crippen LogP contribution is -2.25. The quantitative estimate of drug-likeness (QED) is 0.280. The first-order chi connectivity index (χ1) is 14.6. The number of rotatable bonds is 17. The van der Waals surface area contributed by atoms with Gasteiger partial charge in [0.1, 0.15) is 0 Å². The number of nitrogens with one attached hydrogen (secondary N) is 2. The Balaban J connectivity index is 1.51. The summed E-state index contributed by atoms with van der Waals surface area (Å²) in [5, 5.41) is 6.63. The average Bonchev–Trinajstić information content (AvgIpc) is 3.55. The molecule has 6 heteroatoms. The topological polar surface area (TPSA) is 59.6 Å². The number of carbonyl (C=O) groups excluding carboxylic acids is 1. The van der Waals surface area contributed by atoms with E-state index in [9.17, 15) is 9.18 Å². The standard InChI is InChI=1S/C24H39FN2O3/c1-3-29-24(28)18-26-14-7-5-4-6-8-15-27-19(2)21-11-12-22(25)23(17-21)30-16-13-20-9-10-20/h11-12,17,19-20,26-27H,3-10,13-16,18H2,1-2H3/t19-/m0/s1. The van der Waals surface area contributed by atoms with Crippen LogP contribution in [0, 0.1) is 11.7 Å². The maximum Gasteiger partial charge on any atom is 0.319 e. The number of hydrogen-bond donors (Lipinski definition) is 2. The maximum absolute atomic E-state index is 14.0. The van der Waals surface area contributed by atoms with E-state index in [4.69, 9.17) is 9.47 Å². The first kappa shape index (κ1) is 24.6. The van der Waals surface area contributed by atoms with Gasteiger partial charge in [-0.25, -0.2) is 4.39 Å². The van der Waals surface area contributed by atoms with Crippen LogP contribution in [0.2, 0.25) is 0 Å². The molecule has 2 N–H and O–H groups in total. The molecule has 1 aliphatic carbocycles. The Morgan fingerprint density at radius 1 is 1.17 bits per heavy atom. The number of carbonyl (C=O) groups is 1. The SMILES string of the molecule is CCOC(=O)CNCCCCCCCN[C@@H](C)c1ccc(F)c(OCCC2CC2)c1. The first-order valence-corrected chi connectivity index (χ1v) is 11.6. The number of unbranched alkanes of at least 4 members (excludes halogenated alkanes) is 4. The maximum atomic E-state index is 14.0. The van der Waals surface area contributed by atoms with Gasteiger partial charge in [-0.2, -0.15) is 0 Å². The molecule has 1 aromatic carbocycles. The van der Waals surface area contributed by atoms with Crippen LogP contribution in [0.3, 0.4) is 0 Å². The highest BCUT2D eigenvalue weighted by Crippen LogP contribution is 2.32. The number of halogens is 1. The Hall–Kier alpha value is -1.66. The van der Waals surface area contributed by atoms with E-state index in [0.717, 1.165) is 50.3 Å². The summed E-state index contributed by atoms with van der Waals surface area (Å²) in [6.45, 7) is 7.05. The van der Waals surface area contributed by atoms with E-state index in [2.05, 4.69) is 17.6 Å². The van der Waals surface area contributed by atoms with Gasteiger partial charge in [0.2, 0.25) is 0 Å². The van der Waals surface area contributed by atoms with Crippen LogP contribution in [0.4, 0.5) is 4.39 Å². The van der Waals surface area contributed by atoms with Gasteiger partial charge in [0, 0.05) is 6.04 Å². The van der Waals surface area contributed by atoms with E-state index >= 15 is 0 Å². The lowest BCUT2D eigenvalue weighted by atomic mass is 10.1. The van der Waals surface area contributed by atoms with Crippen LogP contribution in [0.1, 0.15) is 76.8 Å². The fourth-order valence-corrected chi connectivity index (χ4v) is 3.39. The molecule has 0 spiro atoms. The summed E-state index contributed by atoms with van der Waals surface area (Å²) in [5.41, 5.74) is 1.06. The second kappa shape index (κ2) is 14.4. The lowest BCUT2D eigenvalue weighted by molar-refractivity contribution is -0.141. The van der Waals surface area contributed by atoms with Crippen LogP contribution in [0.15, 0.2) is 18.2 Å². The highest BCUT2D eigenvalue weighted by Gasteiger charge is 2.21. The van der Waals surface area contributed by atoms with Crippen molar-refractivity contribution in [3.05, 3.63) is 29.6 Å². The molecule has 0 heterocycles. The Bertz CT molecular complexity index is 622. The Kier molecular flexibility index (Phi) is 11.8. The van der Waals surface area contributed by atoms with E-state index in [1.165, 1.54) is 31.7 Å². The molecule has 2 rings (SSSR count). The van der Waals surface area contributed by atoms with Crippen molar-refractivity contribution in [3.8, 4) is 5.75 Å². The average molecular weight is 423 g/mol. The zero-order chi connectivity index (χ0) is 21.6. The van der Waals surface area contributed by atoms with Crippen molar-refractivity contribution in [2.75, 3.05) is 32.8 Å². The van der Waals surface area contributed by atoms with Crippen LogP contribution in [0.5, 0.6) is 5.75 Å². The first-order valence-electron chi connectivity index (χ1n) is 11.6. The largest absolute Gasteiger partial charge is 0.490 e. The van der Waals surface area contributed by atoms with Gasteiger partial charge in [-0.15, -0.1) is 0 Å². The Labute approximate surface area is 181 Å². The number of ether oxygens (including phenoxy) is 2. The predicted octanol–water partition coefficient (Wildman–Crippen LogP) is 4.76. The summed E-state index contributed by atoms with van der Waals surface area (Å²) in [7, 11) is 0. The highest BCUT2D eigenvalue weighted by atomic mass is 19.1. The second-order valence-corrected chi connectivity index (χ2v) is 8.20. The molecule has 1 saturated carbocycles. The van der Waals surface area contributed by atoms with Gasteiger partial charge in [-0.1, -0.05) is 38.2 Å². The molecular weight excluding hydrogens is 383 g/mol. The number of esters is 1. The zero-order valence-corrected chi connectivity index (χ0v) is 18.7. The van der Waals surface area contributed by atoms with Crippen LogP contribution in [0.25, 0.3) is 0 Å².